The summed E-state index contributed by atoms with van der Waals surface area (Å²) >= 11 is 1.38. The lowest BCUT2D eigenvalue weighted by Crippen LogP contribution is -2.38. The van der Waals surface area contributed by atoms with Crippen molar-refractivity contribution in [1.82, 2.24) is 15.2 Å². The molecule has 0 spiro atoms. The molecule has 5 nitrogen and oxygen atoms in total. The van der Waals surface area contributed by atoms with Crippen LogP contribution in [0.2, 0.25) is 0 Å². The minimum absolute atomic E-state index is 0.0446. The van der Waals surface area contributed by atoms with Crippen molar-refractivity contribution in [3.05, 3.63) is 11.1 Å². The molecule has 3 N–H and O–H groups in total. The van der Waals surface area contributed by atoms with Crippen molar-refractivity contribution < 1.29 is 4.79 Å². The van der Waals surface area contributed by atoms with E-state index in [1.54, 1.807) is 0 Å². The van der Waals surface area contributed by atoms with Gasteiger partial charge in [-0.05, 0) is 38.4 Å². The molecule has 2 heterocycles. The van der Waals surface area contributed by atoms with Crippen LogP contribution in [0.3, 0.4) is 0 Å². The number of rotatable bonds is 5. The molecule has 1 aliphatic heterocycles. The molecule has 2 rings (SSSR count). The van der Waals surface area contributed by atoms with Crippen LogP contribution in [-0.4, -0.2) is 42.0 Å². The van der Waals surface area contributed by atoms with Crippen molar-refractivity contribution in [1.29, 1.82) is 0 Å². The lowest BCUT2D eigenvalue weighted by molar-refractivity contribution is -0.120. The number of piperidine rings is 1. The number of hydrogen-bond acceptors (Lipinski definition) is 5. The first-order chi connectivity index (χ1) is 9.17. The predicted octanol–water partition coefficient (Wildman–Crippen LogP) is 1.12. The molecule has 0 radical (unpaired) electrons. The van der Waals surface area contributed by atoms with E-state index in [0.717, 1.165) is 31.9 Å². The number of nitrogens with two attached hydrogens (primary N) is 1. The monoisotopic (exact) mass is 282 g/mol. The molecule has 0 bridgehead atoms. The fourth-order valence-corrected chi connectivity index (χ4v) is 2.96. The van der Waals surface area contributed by atoms with Gasteiger partial charge in [-0.1, -0.05) is 6.92 Å². The highest BCUT2D eigenvalue weighted by atomic mass is 32.1. The maximum Gasteiger partial charge on any atom is 0.226 e. The van der Waals surface area contributed by atoms with Gasteiger partial charge in [0.05, 0.1) is 12.1 Å². The minimum Gasteiger partial charge on any atom is -0.375 e. The van der Waals surface area contributed by atoms with Gasteiger partial charge >= 0.3 is 0 Å². The number of carbonyl (C=O) groups is 1. The summed E-state index contributed by atoms with van der Waals surface area (Å²) < 4.78 is 0. The topological polar surface area (TPSA) is 71.2 Å². The lowest BCUT2D eigenvalue weighted by atomic mass is 9.97. The number of thiazole rings is 1. The SMILES string of the molecule is CCN1CCC(CNC(=O)Cc2csc(N)n2)CC1. The summed E-state index contributed by atoms with van der Waals surface area (Å²) in [4.78, 5) is 18.3. The second kappa shape index (κ2) is 6.86. The largest absolute Gasteiger partial charge is 0.375 e. The van der Waals surface area contributed by atoms with Gasteiger partial charge in [-0.25, -0.2) is 4.98 Å². The number of nitrogens with one attached hydrogen (secondary N) is 1. The van der Waals surface area contributed by atoms with Crippen LogP contribution in [-0.2, 0) is 11.2 Å². The molecule has 1 fully saturated rings. The smallest absolute Gasteiger partial charge is 0.226 e. The van der Waals surface area contributed by atoms with Crippen LogP contribution in [0.1, 0.15) is 25.5 Å². The van der Waals surface area contributed by atoms with Gasteiger partial charge in [0.25, 0.3) is 0 Å². The van der Waals surface area contributed by atoms with Crippen molar-refractivity contribution >= 4 is 22.4 Å². The summed E-state index contributed by atoms with van der Waals surface area (Å²) in [5.74, 6) is 0.662. The van der Waals surface area contributed by atoms with Crippen molar-refractivity contribution in [3.8, 4) is 0 Å². The number of nitrogens with zero attached hydrogens (tertiary/aromatic N) is 2. The van der Waals surface area contributed by atoms with E-state index in [-0.39, 0.29) is 5.91 Å². The summed E-state index contributed by atoms with van der Waals surface area (Å²) in [5.41, 5.74) is 6.31. The molecule has 1 saturated heterocycles. The second-order valence-electron chi connectivity index (χ2n) is 5.04. The van der Waals surface area contributed by atoms with E-state index in [1.807, 2.05) is 5.38 Å². The Morgan fingerprint density at radius 3 is 2.89 bits per heavy atom. The average Bonchev–Trinajstić information content (AvgIpc) is 2.82. The lowest BCUT2D eigenvalue weighted by Gasteiger charge is -2.31. The van der Waals surface area contributed by atoms with Crippen LogP contribution in [0.25, 0.3) is 0 Å². The summed E-state index contributed by atoms with van der Waals surface area (Å²) in [6, 6.07) is 0. The molecule has 0 saturated carbocycles. The molecule has 1 aromatic rings. The number of anilines is 1. The molecule has 0 aliphatic carbocycles. The molecular weight excluding hydrogens is 260 g/mol. The number of amides is 1. The molecule has 19 heavy (non-hydrogen) atoms. The molecular formula is C13H22N4OS. The quantitative estimate of drug-likeness (QED) is 0.849. The fourth-order valence-electron chi connectivity index (χ4n) is 2.40. The van der Waals surface area contributed by atoms with E-state index in [4.69, 9.17) is 5.73 Å². The Hall–Kier alpha value is -1.14. The number of aromatic nitrogens is 1. The number of likely N-dealkylation sites (tertiary alicyclic amines) is 1. The Balaban J connectivity index is 1.67. The van der Waals surface area contributed by atoms with Gasteiger partial charge in [-0.15, -0.1) is 11.3 Å². The Labute approximate surface area is 118 Å². The zero-order chi connectivity index (χ0) is 13.7. The van der Waals surface area contributed by atoms with Gasteiger partial charge in [-0.3, -0.25) is 4.79 Å². The zero-order valence-corrected chi connectivity index (χ0v) is 12.2. The number of nitrogen functional groups attached to an aromatic ring is 1. The predicted molar refractivity (Wildman–Crippen MR) is 78.1 cm³/mol. The molecule has 6 heteroatoms. The zero-order valence-electron chi connectivity index (χ0n) is 11.4. The van der Waals surface area contributed by atoms with Crippen molar-refractivity contribution in [3.63, 3.8) is 0 Å². The normalized spacial score (nSPS) is 17.5. The van der Waals surface area contributed by atoms with Gasteiger partial charge in [0.2, 0.25) is 5.91 Å². The highest BCUT2D eigenvalue weighted by Gasteiger charge is 2.18. The van der Waals surface area contributed by atoms with Crippen LogP contribution >= 0.6 is 11.3 Å². The van der Waals surface area contributed by atoms with E-state index in [0.29, 0.717) is 17.5 Å². The van der Waals surface area contributed by atoms with Gasteiger partial charge in [-0.2, -0.15) is 0 Å². The van der Waals surface area contributed by atoms with Crippen LogP contribution < -0.4 is 11.1 Å². The first-order valence-electron chi connectivity index (χ1n) is 6.86. The van der Waals surface area contributed by atoms with Crippen LogP contribution in [0, 0.1) is 5.92 Å². The maximum absolute atomic E-state index is 11.8. The van der Waals surface area contributed by atoms with E-state index in [1.165, 1.54) is 24.2 Å². The first-order valence-corrected chi connectivity index (χ1v) is 7.74. The van der Waals surface area contributed by atoms with Crippen LogP contribution in [0.15, 0.2) is 5.38 Å². The molecule has 0 atom stereocenters. The van der Waals surface area contributed by atoms with E-state index >= 15 is 0 Å². The fraction of sp³-hybridized carbons (Fsp3) is 0.692. The molecule has 0 unspecified atom stereocenters. The van der Waals surface area contributed by atoms with Gasteiger partial charge < -0.3 is 16.0 Å². The van der Waals surface area contributed by atoms with Crippen LogP contribution in [0.4, 0.5) is 5.13 Å². The third kappa shape index (κ3) is 4.47. The third-order valence-electron chi connectivity index (χ3n) is 3.65. The van der Waals surface area contributed by atoms with Gasteiger partial charge in [0.15, 0.2) is 5.13 Å². The first kappa shape index (κ1) is 14.3. The van der Waals surface area contributed by atoms with E-state index in [9.17, 15) is 4.79 Å². The Kier molecular flexibility index (Phi) is 5.15. The summed E-state index contributed by atoms with van der Waals surface area (Å²) in [6.45, 7) is 6.42. The van der Waals surface area contributed by atoms with E-state index in [2.05, 4.69) is 22.1 Å². The van der Waals surface area contributed by atoms with Crippen molar-refractivity contribution in [2.45, 2.75) is 26.2 Å². The number of carbonyl (C=O) groups excluding carboxylic acids is 1. The minimum atomic E-state index is 0.0446. The number of hydrogen-bond donors (Lipinski definition) is 2. The highest BCUT2D eigenvalue weighted by Crippen LogP contribution is 2.16. The summed E-state index contributed by atoms with van der Waals surface area (Å²) in [6.07, 6.45) is 2.69. The molecule has 1 amide bonds. The summed E-state index contributed by atoms with van der Waals surface area (Å²) in [7, 11) is 0. The Bertz CT molecular complexity index is 413. The molecule has 0 aromatic carbocycles. The molecule has 1 aliphatic rings. The van der Waals surface area contributed by atoms with E-state index < -0.39 is 0 Å². The average molecular weight is 282 g/mol. The molecule has 106 valence electrons. The molecule has 1 aromatic heterocycles. The maximum atomic E-state index is 11.8. The highest BCUT2D eigenvalue weighted by molar-refractivity contribution is 7.13. The van der Waals surface area contributed by atoms with Crippen molar-refractivity contribution in [2.75, 3.05) is 31.9 Å². The van der Waals surface area contributed by atoms with Gasteiger partial charge in [0.1, 0.15) is 0 Å². The Morgan fingerprint density at radius 1 is 1.58 bits per heavy atom. The van der Waals surface area contributed by atoms with Gasteiger partial charge in [0, 0.05) is 11.9 Å². The Morgan fingerprint density at radius 2 is 2.32 bits per heavy atom. The van der Waals surface area contributed by atoms with Crippen LogP contribution in [0.5, 0.6) is 0 Å². The third-order valence-corrected chi connectivity index (χ3v) is 4.38. The standard InChI is InChI=1S/C13H22N4OS/c1-2-17-5-3-10(4-6-17)8-15-12(18)7-11-9-19-13(14)16-11/h9-10H,2-8H2,1H3,(H2,14,16)(H,15,18). The summed E-state index contributed by atoms with van der Waals surface area (Å²) in [5, 5.41) is 5.37. The second-order valence-corrected chi connectivity index (χ2v) is 5.93. The van der Waals surface area contributed by atoms with Crippen molar-refractivity contribution in [2.24, 2.45) is 5.92 Å².